The minimum absolute atomic E-state index is 0. The Morgan fingerprint density at radius 3 is 2.62 bits per heavy atom. The summed E-state index contributed by atoms with van der Waals surface area (Å²) < 4.78 is 24.7. The molecule has 1 aromatic carbocycles. The van der Waals surface area contributed by atoms with Crippen LogP contribution < -0.4 is 10.1 Å². The number of rotatable bonds is 7. The number of oxazole rings is 1. The van der Waals surface area contributed by atoms with Crippen molar-refractivity contribution in [2.75, 3.05) is 40.8 Å². The number of likely N-dealkylation sites (tertiary alicyclic amines) is 1. The maximum absolute atomic E-state index is 14.0. The molecular formula is C23H35FIN5O2. The van der Waals surface area contributed by atoms with E-state index in [-0.39, 0.29) is 35.5 Å². The van der Waals surface area contributed by atoms with Gasteiger partial charge in [-0.1, -0.05) is 6.07 Å². The molecule has 1 fully saturated rings. The van der Waals surface area contributed by atoms with Crippen molar-refractivity contribution in [3.8, 4) is 5.75 Å². The highest BCUT2D eigenvalue weighted by atomic mass is 127. The average Bonchev–Trinajstić information content (AvgIpc) is 3.06. The number of methoxy groups -OCH3 is 1. The van der Waals surface area contributed by atoms with Crippen molar-refractivity contribution in [1.82, 2.24) is 20.1 Å². The summed E-state index contributed by atoms with van der Waals surface area (Å²) in [4.78, 5) is 13.3. The molecule has 1 aromatic heterocycles. The molecule has 1 saturated heterocycles. The molecule has 2 aromatic rings. The van der Waals surface area contributed by atoms with Crippen LogP contribution in [0.3, 0.4) is 0 Å². The van der Waals surface area contributed by atoms with Crippen LogP contribution in [-0.2, 0) is 13.1 Å². The van der Waals surface area contributed by atoms with E-state index < -0.39 is 0 Å². The molecule has 0 saturated carbocycles. The first-order chi connectivity index (χ1) is 14.9. The van der Waals surface area contributed by atoms with Crippen molar-refractivity contribution in [3.63, 3.8) is 0 Å². The standard InChI is InChI=1S/C23H34FN5O2.HI/c1-16-17(2)31-22(27-16)15-29-10-8-18(9-11-29)13-26-23(25-3)28(4)14-19-6-7-21(30-5)20(24)12-19;/h6-7,12,18H,8-11,13-15H2,1-5H3,(H,25,26);1H. The highest BCUT2D eigenvalue weighted by Gasteiger charge is 2.21. The number of piperidine rings is 1. The van der Waals surface area contributed by atoms with Crippen molar-refractivity contribution >= 4 is 29.9 Å². The third-order valence-corrected chi connectivity index (χ3v) is 5.90. The highest BCUT2D eigenvalue weighted by Crippen LogP contribution is 2.20. The second-order valence-electron chi connectivity index (χ2n) is 8.22. The van der Waals surface area contributed by atoms with Crippen LogP contribution in [0, 0.1) is 25.6 Å². The second-order valence-corrected chi connectivity index (χ2v) is 8.22. The Labute approximate surface area is 207 Å². The lowest BCUT2D eigenvalue weighted by molar-refractivity contribution is 0.163. The Bertz CT molecular complexity index is 877. The van der Waals surface area contributed by atoms with E-state index >= 15 is 0 Å². The van der Waals surface area contributed by atoms with Gasteiger partial charge in [0.15, 0.2) is 17.5 Å². The maximum Gasteiger partial charge on any atom is 0.208 e. The van der Waals surface area contributed by atoms with Gasteiger partial charge in [0.2, 0.25) is 5.89 Å². The molecule has 1 aliphatic rings. The van der Waals surface area contributed by atoms with E-state index in [1.165, 1.54) is 13.2 Å². The van der Waals surface area contributed by atoms with Gasteiger partial charge in [-0.25, -0.2) is 9.37 Å². The molecule has 0 amide bonds. The van der Waals surface area contributed by atoms with Crippen LogP contribution in [0.5, 0.6) is 5.75 Å². The summed E-state index contributed by atoms with van der Waals surface area (Å²) in [5.74, 6) is 3.02. The van der Waals surface area contributed by atoms with Gasteiger partial charge in [0, 0.05) is 27.2 Å². The molecule has 3 rings (SSSR count). The first-order valence-corrected chi connectivity index (χ1v) is 10.8. The topological polar surface area (TPSA) is 66.1 Å². The SMILES string of the molecule is CN=C(NCC1CCN(Cc2nc(C)c(C)o2)CC1)N(C)Cc1ccc(OC)c(F)c1.I. The number of ether oxygens (including phenoxy) is 1. The number of aryl methyl sites for hydroxylation is 2. The summed E-state index contributed by atoms with van der Waals surface area (Å²) in [5, 5.41) is 3.48. The van der Waals surface area contributed by atoms with Crippen molar-refractivity contribution in [2.45, 2.75) is 39.8 Å². The van der Waals surface area contributed by atoms with E-state index in [1.807, 2.05) is 31.9 Å². The van der Waals surface area contributed by atoms with Crippen LogP contribution in [-0.4, -0.2) is 61.6 Å². The normalized spacial score (nSPS) is 15.4. The number of nitrogens with one attached hydrogen (secondary N) is 1. The van der Waals surface area contributed by atoms with Crippen LogP contribution >= 0.6 is 24.0 Å². The lowest BCUT2D eigenvalue weighted by Crippen LogP contribution is -2.43. The molecule has 32 heavy (non-hydrogen) atoms. The van der Waals surface area contributed by atoms with E-state index in [2.05, 4.69) is 20.2 Å². The van der Waals surface area contributed by atoms with Crippen molar-refractivity contribution in [1.29, 1.82) is 0 Å². The Kier molecular flexibility index (Phi) is 10.2. The van der Waals surface area contributed by atoms with Gasteiger partial charge in [-0.15, -0.1) is 24.0 Å². The Morgan fingerprint density at radius 1 is 1.34 bits per heavy atom. The fourth-order valence-electron chi connectivity index (χ4n) is 3.92. The molecule has 7 nitrogen and oxygen atoms in total. The predicted octanol–water partition coefficient (Wildman–Crippen LogP) is 3.98. The fourth-order valence-corrected chi connectivity index (χ4v) is 3.92. The Hall–Kier alpha value is -1.88. The van der Waals surface area contributed by atoms with Gasteiger partial charge in [-0.3, -0.25) is 9.89 Å². The van der Waals surface area contributed by atoms with Gasteiger partial charge < -0.3 is 19.4 Å². The summed E-state index contributed by atoms with van der Waals surface area (Å²) >= 11 is 0. The summed E-state index contributed by atoms with van der Waals surface area (Å²) in [5.41, 5.74) is 1.84. The van der Waals surface area contributed by atoms with Gasteiger partial charge in [0.25, 0.3) is 0 Å². The van der Waals surface area contributed by atoms with Gasteiger partial charge in [-0.05, 0) is 63.4 Å². The first kappa shape index (κ1) is 26.4. The summed E-state index contributed by atoms with van der Waals surface area (Å²) in [6.45, 7) is 8.22. The molecular weight excluding hydrogens is 524 g/mol. The molecule has 178 valence electrons. The summed E-state index contributed by atoms with van der Waals surface area (Å²) in [7, 11) is 5.20. The molecule has 1 N–H and O–H groups in total. The van der Waals surface area contributed by atoms with Crippen LogP contribution in [0.1, 0.15) is 35.7 Å². The molecule has 1 aliphatic heterocycles. The lowest BCUT2D eigenvalue weighted by atomic mass is 9.97. The maximum atomic E-state index is 14.0. The summed E-state index contributed by atoms with van der Waals surface area (Å²) in [6.07, 6.45) is 2.24. The van der Waals surface area contributed by atoms with Crippen molar-refractivity contribution in [2.24, 2.45) is 10.9 Å². The smallest absolute Gasteiger partial charge is 0.208 e. The third-order valence-electron chi connectivity index (χ3n) is 5.90. The minimum atomic E-state index is -0.349. The first-order valence-electron chi connectivity index (χ1n) is 10.8. The van der Waals surface area contributed by atoms with Crippen LogP contribution in [0.2, 0.25) is 0 Å². The van der Waals surface area contributed by atoms with E-state index in [4.69, 9.17) is 9.15 Å². The molecule has 0 radical (unpaired) electrons. The zero-order valence-corrected chi connectivity index (χ0v) is 22.0. The molecule has 0 spiro atoms. The van der Waals surface area contributed by atoms with Crippen LogP contribution in [0.15, 0.2) is 27.6 Å². The fraction of sp³-hybridized carbons (Fsp3) is 0.565. The number of aliphatic imine (C=N–C) groups is 1. The van der Waals surface area contributed by atoms with E-state index in [9.17, 15) is 4.39 Å². The lowest BCUT2D eigenvalue weighted by Gasteiger charge is -2.32. The molecule has 0 unspecified atom stereocenters. The number of benzene rings is 1. The van der Waals surface area contributed by atoms with Crippen LogP contribution in [0.4, 0.5) is 4.39 Å². The number of hydrogen-bond acceptors (Lipinski definition) is 5. The van der Waals surface area contributed by atoms with Crippen LogP contribution in [0.25, 0.3) is 0 Å². The zero-order chi connectivity index (χ0) is 22.4. The summed E-state index contributed by atoms with van der Waals surface area (Å²) in [6, 6.07) is 5.04. The molecule has 9 heteroatoms. The zero-order valence-electron chi connectivity index (χ0n) is 19.7. The van der Waals surface area contributed by atoms with Gasteiger partial charge in [0.1, 0.15) is 5.76 Å². The predicted molar refractivity (Wildman–Crippen MR) is 135 cm³/mol. The number of nitrogens with zero attached hydrogens (tertiary/aromatic N) is 4. The Balaban J connectivity index is 0.00000363. The molecule has 0 aliphatic carbocycles. The number of guanidine groups is 1. The van der Waals surface area contributed by atoms with Crippen molar-refractivity contribution < 1.29 is 13.5 Å². The van der Waals surface area contributed by atoms with E-state index in [0.717, 1.165) is 67.9 Å². The Morgan fingerprint density at radius 2 is 2.06 bits per heavy atom. The highest BCUT2D eigenvalue weighted by molar-refractivity contribution is 14.0. The van der Waals surface area contributed by atoms with E-state index in [1.54, 1.807) is 13.1 Å². The number of halogens is 2. The number of hydrogen-bond donors (Lipinski definition) is 1. The van der Waals surface area contributed by atoms with Gasteiger partial charge >= 0.3 is 0 Å². The monoisotopic (exact) mass is 559 g/mol. The second kappa shape index (κ2) is 12.4. The molecule has 0 atom stereocenters. The van der Waals surface area contributed by atoms with Gasteiger partial charge in [-0.2, -0.15) is 0 Å². The van der Waals surface area contributed by atoms with Crippen molar-refractivity contribution in [3.05, 3.63) is 46.9 Å². The van der Waals surface area contributed by atoms with Gasteiger partial charge in [0.05, 0.1) is 19.3 Å². The average molecular weight is 559 g/mol. The minimum Gasteiger partial charge on any atom is -0.494 e. The van der Waals surface area contributed by atoms with E-state index in [0.29, 0.717) is 12.5 Å². The number of aromatic nitrogens is 1. The third kappa shape index (κ3) is 7.06. The molecule has 0 bridgehead atoms. The molecule has 2 heterocycles. The largest absolute Gasteiger partial charge is 0.494 e. The quantitative estimate of drug-likeness (QED) is 0.315.